The number of carbonyl (C=O) groups is 1. The van der Waals surface area contributed by atoms with Crippen LogP contribution in [0.15, 0.2) is 27.4 Å². The second kappa shape index (κ2) is 9.24. The Labute approximate surface area is 165 Å². The zero-order chi connectivity index (χ0) is 20.1. The molecular weight excluding hydrogens is 356 g/mol. The van der Waals surface area contributed by atoms with Gasteiger partial charge in [0.25, 0.3) is 0 Å². The highest BCUT2D eigenvalue weighted by molar-refractivity contribution is 5.82. The highest BCUT2D eigenvalue weighted by Gasteiger charge is 2.23. The fraction of sp³-hybridized carbons (Fsp3) is 0.545. The summed E-state index contributed by atoms with van der Waals surface area (Å²) < 4.78 is 10.7. The quantitative estimate of drug-likeness (QED) is 0.741. The first-order chi connectivity index (χ1) is 13.5. The predicted octanol–water partition coefficient (Wildman–Crippen LogP) is 2.89. The molecule has 1 aliphatic rings. The number of amides is 1. The predicted molar refractivity (Wildman–Crippen MR) is 110 cm³/mol. The molecule has 0 bridgehead atoms. The third-order valence-corrected chi connectivity index (χ3v) is 5.85. The molecule has 0 radical (unpaired) electrons. The number of hydrogen-bond donors (Lipinski definition) is 1. The fourth-order valence-electron chi connectivity index (χ4n) is 4.00. The standard InChI is InChI=1S/C22H30N2O4/c1-15-18-5-4-17(27-3)14-20(18)28-22(26)19(15)6-7-21(25)24-12-9-16(10-13-24)8-11-23-2/h4-5,14,16,23H,6-13H2,1-3H3. The molecule has 152 valence electrons. The van der Waals surface area contributed by atoms with Gasteiger partial charge in [-0.2, -0.15) is 0 Å². The van der Waals surface area contributed by atoms with Gasteiger partial charge in [0.1, 0.15) is 11.3 Å². The normalized spacial score (nSPS) is 15.2. The number of carbonyl (C=O) groups excluding carboxylic acids is 1. The molecule has 1 fully saturated rings. The van der Waals surface area contributed by atoms with Crippen LogP contribution in [0.3, 0.4) is 0 Å². The van der Waals surface area contributed by atoms with E-state index in [9.17, 15) is 9.59 Å². The Morgan fingerprint density at radius 1 is 1.32 bits per heavy atom. The molecule has 1 N–H and O–H groups in total. The van der Waals surface area contributed by atoms with E-state index < -0.39 is 0 Å². The van der Waals surface area contributed by atoms with E-state index in [0.717, 1.165) is 43.4 Å². The third kappa shape index (κ3) is 4.55. The maximum absolute atomic E-state index is 12.6. The van der Waals surface area contributed by atoms with Crippen molar-refractivity contribution in [3.63, 3.8) is 0 Å². The van der Waals surface area contributed by atoms with Crippen molar-refractivity contribution in [1.82, 2.24) is 10.2 Å². The molecule has 2 aromatic rings. The summed E-state index contributed by atoms with van der Waals surface area (Å²) in [5.74, 6) is 1.47. The van der Waals surface area contributed by atoms with Crippen molar-refractivity contribution in [2.45, 2.75) is 39.0 Å². The van der Waals surface area contributed by atoms with Crippen LogP contribution in [0.2, 0.25) is 0 Å². The lowest BCUT2D eigenvalue weighted by molar-refractivity contribution is -0.132. The number of fused-ring (bicyclic) bond motifs is 1. The van der Waals surface area contributed by atoms with Gasteiger partial charge in [0.05, 0.1) is 7.11 Å². The Hall–Kier alpha value is -2.34. The molecule has 1 aromatic carbocycles. The Balaban J connectivity index is 1.64. The summed E-state index contributed by atoms with van der Waals surface area (Å²) >= 11 is 0. The second-order valence-electron chi connectivity index (χ2n) is 7.57. The van der Waals surface area contributed by atoms with E-state index in [0.29, 0.717) is 35.7 Å². The lowest BCUT2D eigenvalue weighted by atomic mass is 9.93. The maximum Gasteiger partial charge on any atom is 0.339 e. The molecule has 28 heavy (non-hydrogen) atoms. The molecule has 0 aliphatic carbocycles. The van der Waals surface area contributed by atoms with E-state index in [4.69, 9.17) is 9.15 Å². The molecule has 0 spiro atoms. The number of likely N-dealkylation sites (tertiary alicyclic amines) is 1. The zero-order valence-electron chi connectivity index (χ0n) is 17.0. The van der Waals surface area contributed by atoms with Gasteiger partial charge in [-0.25, -0.2) is 4.79 Å². The van der Waals surface area contributed by atoms with E-state index in [1.54, 1.807) is 13.2 Å². The lowest BCUT2D eigenvalue weighted by Crippen LogP contribution is -2.39. The minimum atomic E-state index is -0.364. The number of hydrogen-bond acceptors (Lipinski definition) is 5. The van der Waals surface area contributed by atoms with Crippen molar-refractivity contribution < 1.29 is 13.9 Å². The minimum absolute atomic E-state index is 0.126. The van der Waals surface area contributed by atoms with E-state index >= 15 is 0 Å². The van der Waals surface area contributed by atoms with Crippen LogP contribution in [0.4, 0.5) is 0 Å². The number of aryl methyl sites for hydroxylation is 1. The maximum atomic E-state index is 12.6. The van der Waals surface area contributed by atoms with Gasteiger partial charge in [-0.05, 0) is 69.8 Å². The summed E-state index contributed by atoms with van der Waals surface area (Å²) in [6, 6.07) is 5.47. The molecular formula is C22H30N2O4. The first kappa shape index (κ1) is 20.4. The summed E-state index contributed by atoms with van der Waals surface area (Å²) in [6.07, 6.45) is 4.04. The lowest BCUT2D eigenvalue weighted by Gasteiger charge is -2.32. The summed E-state index contributed by atoms with van der Waals surface area (Å²) in [5, 5.41) is 4.07. The smallest absolute Gasteiger partial charge is 0.339 e. The molecule has 2 heterocycles. The van der Waals surface area contributed by atoms with Crippen molar-refractivity contribution in [3.05, 3.63) is 39.7 Å². The molecule has 1 aromatic heterocycles. The van der Waals surface area contributed by atoms with Crippen LogP contribution in [0.25, 0.3) is 11.0 Å². The summed E-state index contributed by atoms with van der Waals surface area (Å²) in [4.78, 5) is 27.0. The highest BCUT2D eigenvalue weighted by atomic mass is 16.5. The number of benzene rings is 1. The van der Waals surface area contributed by atoms with Crippen LogP contribution >= 0.6 is 0 Å². The number of ether oxygens (including phenoxy) is 1. The van der Waals surface area contributed by atoms with Crippen molar-refractivity contribution in [3.8, 4) is 5.75 Å². The van der Waals surface area contributed by atoms with Crippen LogP contribution in [-0.2, 0) is 11.2 Å². The Morgan fingerprint density at radius 3 is 2.75 bits per heavy atom. The van der Waals surface area contributed by atoms with E-state index in [-0.39, 0.29) is 11.5 Å². The van der Waals surface area contributed by atoms with E-state index in [1.807, 2.05) is 31.0 Å². The Bertz CT molecular complexity index is 882. The van der Waals surface area contributed by atoms with E-state index in [1.165, 1.54) is 6.42 Å². The minimum Gasteiger partial charge on any atom is -0.497 e. The first-order valence-corrected chi connectivity index (χ1v) is 10.1. The van der Waals surface area contributed by atoms with Gasteiger partial charge in [-0.15, -0.1) is 0 Å². The average Bonchev–Trinajstić information content (AvgIpc) is 2.71. The average molecular weight is 386 g/mol. The van der Waals surface area contributed by atoms with Gasteiger partial charge >= 0.3 is 5.63 Å². The van der Waals surface area contributed by atoms with E-state index in [2.05, 4.69) is 5.32 Å². The summed E-state index contributed by atoms with van der Waals surface area (Å²) in [7, 11) is 3.55. The molecule has 3 rings (SSSR count). The molecule has 0 atom stereocenters. The van der Waals surface area contributed by atoms with Crippen LogP contribution < -0.4 is 15.7 Å². The SMILES string of the molecule is CNCCC1CCN(C(=O)CCc2c(C)c3ccc(OC)cc3oc2=O)CC1. The molecule has 6 heteroatoms. The largest absolute Gasteiger partial charge is 0.497 e. The number of methoxy groups -OCH3 is 1. The number of nitrogens with zero attached hydrogens (tertiary/aromatic N) is 1. The number of rotatable bonds is 7. The zero-order valence-corrected chi connectivity index (χ0v) is 17.0. The molecule has 1 amide bonds. The van der Waals surface area contributed by atoms with Gasteiger partial charge in [0, 0.05) is 36.5 Å². The first-order valence-electron chi connectivity index (χ1n) is 10.1. The molecule has 0 saturated carbocycles. The van der Waals surface area contributed by atoms with Crippen LogP contribution in [0, 0.1) is 12.8 Å². The van der Waals surface area contributed by atoms with Crippen LogP contribution in [-0.4, -0.2) is 44.6 Å². The van der Waals surface area contributed by atoms with Gasteiger partial charge < -0.3 is 19.4 Å². The van der Waals surface area contributed by atoms with Crippen LogP contribution in [0.5, 0.6) is 5.75 Å². The number of piperidine rings is 1. The highest BCUT2D eigenvalue weighted by Crippen LogP contribution is 2.25. The molecule has 6 nitrogen and oxygen atoms in total. The van der Waals surface area contributed by atoms with Crippen molar-refractivity contribution >= 4 is 16.9 Å². The van der Waals surface area contributed by atoms with Gasteiger partial charge in [-0.1, -0.05) is 0 Å². The topological polar surface area (TPSA) is 71.8 Å². The Morgan fingerprint density at radius 2 is 2.07 bits per heavy atom. The molecule has 1 aliphatic heterocycles. The van der Waals surface area contributed by atoms with Crippen molar-refractivity contribution in [2.24, 2.45) is 5.92 Å². The van der Waals surface area contributed by atoms with Gasteiger partial charge in [-0.3, -0.25) is 4.79 Å². The molecule has 0 unspecified atom stereocenters. The second-order valence-corrected chi connectivity index (χ2v) is 7.57. The number of nitrogens with one attached hydrogen (secondary N) is 1. The van der Waals surface area contributed by atoms with Gasteiger partial charge in [0.2, 0.25) is 5.91 Å². The fourth-order valence-corrected chi connectivity index (χ4v) is 4.00. The van der Waals surface area contributed by atoms with Gasteiger partial charge in [0.15, 0.2) is 0 Å². The molecule has 1 saturated heterocycles. The van der Waals surface area contributed by atoms with Crippen LogP contribution in [0.1, 0.15) is 36.8 Å². The summed E-state index contributed by atoms with van der Waals surface area (Å²) in [5.41, 5.74) is 1.62. The Kier molecular flexibility index (Phi) is 6.73. The van der Waals surface area contributed by atoms with Crippen molar-refractivity contribution in [1.29, 1.82) is 0 Å². The third-order valence-electron chi connectivity index (χ3n) is 5.85. The van der Waals surface area contributed by atoms with Crippen molar-refractivity contribution in [2.75, 3.05) is 33.8 Å². The summed E-state index contributed by atoms with van der Waals surface area (Å²) in [6.45, 7) is 4.58. The monoisotopic (exact) mass is 386 g/mol.